The van der Waals surface area contributed by atoms with E-state index in [4.69, 9.17) is 0 Å². The van der Waals surface area contributed by atoms with Crippen LogP contribution in [-0.4, -0.2) is 28.8 Å². The summed E-state index contributed by atoms with van der Waals surface area (Å²) in [6, 6.07) is -1.35. The highest BCUT2D eigenvalue weighted by atomic mass is 19.4. The molecule has 2 rings (SSSR count). The third-order valence-electron chi connectivity index (χ3n) is 2.40. The van der Waals surface area contributed by atoms with Crippen LogP contribution < -0.4 is 0 Å². The van der Waals surface area contributed by atoms with Crippen molar-refractivity contribution in [3.05, 3.63) is 45.6 Å². The quantitative estimate of drug-likeness (QED) is 0.529. The molecule has 0 aromatic carbocycles. The molecule has 8 heteroatoms. The lowest BCUT2D eigenvalue weighted by atomic mass is 9.91. The summed E-state index contributed by atoms with van der Waals surface area (Å²) in [5.74, 6) is -1.03. The summed E-state index contributed by atoms with van der Waals surface area (Å²) in [6.07, 6.45) is -1.44. The number of allylic oxidation sites excluding steroid dienone is 3. The van der Waals surface area contributed by atoms with Crippen LogP contribution in [0.1, 0.15) is 0 Å². The Morgan fingerprint density at radius 1 is 1.39 bits per heavy atom. The molecular weight excluding hydrogens is 253 g/mol. The van der Waals surface area contributed by atoms with Gasteiger partial charge in [-0.15, -0.1) is 0 Å². The van der Waals surface area contributed by atoms with Gasteiger partial charge in [-0.05, 0) is 12.2 Å². The van der Waals surface area contributed by atoms with Gasteiger partial charge in [0.05, 0.1) is 11.3 Å². The molecule has 0 N–H and O–H groups in total. The fourth-order valence-electron chi connectivity index (χ4n) is 1.63. The maximum absolute atomic E-state index is 12.7. The van der Waals surface area contributed by atoms with Gasteiger partial charge in [-0.25, -0.2) is 4.99 Å². The molecule has 5 nitrogen and oxygen atoms in total. The van der Waals surface area contributed by atoms with Gasteiger partial charge in [-0.3, -0.25) is 14.9 Å². The van der Waals surface area contributed by atoms with E-state index in [0.717, 1.165) is 18.2 Å². The molecule has 1 aliphatic carbocycles. The van der Waals surface area contributed by atoms with E-state index in [-0.39, 0.29) is 5.71 Å². The molecule has 1 amide bonds. The van der Waals surface area contributed by atoms with E-state index in [2.05, 4.69) is 4.99 Å². The van der Waals surface area contributed by atoms with E-state index >= 15 is 0 Å². The van der Waals surface area contributed by atoms with Crippen molar-refractivity contribution in [2.24, 2.45) is 4.99 Å². The molecule has 1 heterocycles. The highest BCUT2D eigenvalue weighted by Crippen LogP contribution is 2.35. The fourth-order valence-corrected chi connectivity index (χ4v) is 1.63. The third-order valence-corrected chi connectivity index (χ3v) is 2.40. The van der Waals surface area contributed by atoms with Crippen LogP contribution in [0.3, 0.4) is 0 Å². The second kappa shape index (κ2) is 3.90. The minimum absolute atomic E-state index is 0.201. The Morgan fingerprint density at radius 3 is 2.61 bits per heavy atom. The number of aliphatic imine (C=N–C) groups is 1. The van der Waals surface area contributed by atoms with Gasteiger partial charge >= 0.3 is 6.18 Å². The summed E-state index contributed by atoms with van der Waals surface area (Å²) in [7, 11) is 0. The van der Waals surface area contributed by atoms with Crippen LogP contribution >= 0.6 is 0 Å². The third kappa shape index (κ3) is 2.08. The van der Waals surface area contributed by atoms with E-state index in [1.807, 2.05) is 0 Å². The van der Waals surface area contributed by atoms with Crippen molar-refractivity contribution in [2.75, 3.05) is 0 Å². The molecule has 1 aliphatic heterocycles. The average molecular weight is 258 g/mol. The maximum atomic E-state index is 12.7. The minimum Gasteiger partial charge on any atom is -0.267 e. The van der Waals surface area contributed by atoms with Gasteiger partial charge in [0.1, 0.15) is 0 Å². The number of fused-ring (bicyclic) bond motifs is 1. The smallest absolute Gasteiger partial charge is 0.267 e. The lowest BCUT2D eigenvalue weighted by Crippen LogP contribution is -2.28. The standard InChI is InChI=1S/C10H5F3N2O3/c11-10(12,13)7-4-9(16)14-8-2-1-5(15(17)18)3-6(7)8/h1-5H. The number of halogens is 3. The van der Waals surface area contributed by atoms with Crippen LogP contribution in [0, 0.1) is 10.1 Å². The first-order valence-corrected chi connectivity index (χ1v) is 4.75. The predicted molar refractivity (Wildman–Crippen MR) is 54.6 cm³/mol. The second-order valence-electron chi connectivity index (χ2n) is 3.61. The molecule has 0 saturated heterocycles. The monoisotopic (exact) mass is 258 g/mol. The summed E-state index contributed by atoms with van der Waals surface area (Å²) in [5, 5.41) is 10.6. The van der Waals surface area contributed by atoms with E-state index in [0.29, 0.717) is 6.08 Å². The first-order chi connectivity index (χ1) is 8.29. The molecule has 1 unspecified atom stereocenters. The number of rotatable bonds is 1. The van der Waals surface area contributed by atoms with Crippen molar-refractivity contribution < 1.29 is 22.9 Å². The lowest BCUT2D eigenvalue weighted by Gasteiger charge is -2.20. The van der Waals surface area contributed by atoms with E-state index in [9.17, 15) is 28.1 Å². The van der Waals surface area contributed by atoms with Crippen LogP contribution in [0.5, 0.6) is 0 Å². The zero-order chi connectivity index (χ0) is 13.5. The molecule has 0 bridgehead atoms. The van der Waals surface area contributed by atoms with Gasteiger partial charge in [-0.1, -0.05) is 0 Å². The van der Waals surface area contributed by atoms with Crippen molar-refractivity contribution in [1.82, 2.24) is 0 Å². The van der Waals surface area contributed by atoms with Gasteiger partial charge in [0.2, 0.25) is 0 Å². The molecule has 0 fully saturated rings. The summed E-state index contributed by atoms with van der Waals surface area (Å²) >= 11 is 0. The van der Waals surface area contributed by atoms with Crippen molar-refractivity contribution >= 4 is 11.6 Å². The molecule has 0 radical (unpaired) electrons. The van der Waals surface area contributed by atoms with Crippen LogP contribution in [0.4, 0.5) is 13.2 Å². The highest BCUT2D eigenvalue weighted by Gasteiger charge is 2.41. The number of hydrogen-bond acceptors (Lipinski definition) is 3. The zero-order valence-electron chi connectivity index (χ0n) is 8.64. The number of amides is 1. The Bertz CT molecular complexity index is 555. The molecular formula is C10H5F3N2O3. The zero-order valence-corrected chi connectivity index (χ0v) is 8.64. The Kier molecular flexibility index (Phi) is 2.64. The molecule has 0 spiro atoms. The second-order valence-corrected chi connectivity index (χ2v) is 3.61. The van der Waals surface area contributed by atoms with Gasteiger partial charge in [0, 0.05) is 22.6 Å². The maximum Gasteiger partial charge on any atom is 0.417 e. The van der Waals surface area contributed by atoms with Crippen molar-refractivity contribution in [2.45, 2.75) is 12.2 Å². The van der Waals surface area contributed by atoms with Crippen LogP contribution in [-0.2, 0) is 4.79 Å². The summed E-state index contributed by atoms with van der Waals surface area (Å²) < 4.78 is 38.1. The molecule has 94 valence electrons. The van der Waals surface area contributed by atoms with E-state index in [1.165, 1.54) is 0 Å². The molecule has 1 atom stereocenters. The first kappa shape index (κ1) is 12.2. The van der Waals surface area contributed by atoms with Crippen LogP contribution in [0.2, 0.25) is 0 Å². The first-order valence-electron chi connectivity index (χ1n) is 4.75. The SMILES string of the molecule is O=C1C=C(C(F)(F)F)C2=CC([N+](=O)[O-])C=CC2=N1. The van der Waals surface area contributed by atoms with Crippen molar-refractivity contribution in [3.8, 4) is 0 Å². The average Bonchev–Trinajstić information content (AvgIpc) is 2.25. The van der Waals surface area contributed by atoms with Gasteiger partial charge < -0.3 is 0 Å². The number of nitrogens with zero attached hydrogens (tertiary/aromatic N) is 2. The molecule has 18 heavy (non-hydrogen) atoms. The number of nitro groups is 1. The number of alkyl halides is 3. The Morgan fingerprint density at radius 2 is 2.06 bits per heavy atom. The summed E-state index contributed by atoms with van der Waals surface area (Å²) in [6.45, 7) is 0. The van der Waals surface area contributed by atoms with E-state index < -0.39 is 34.2 Å². The fraction of sp³-hybridized carbons (Fsp3) is 0.200. The summed E-state index contributed by atoms with van der Waals surface area (Å²) in [4.78, 5) is 24.2. The number of dihydropyridines is 1. The largest absolute Gasteiger partial charge is 0.417 e. The highest BCUT2D eigenvalue weighted by molar-refractivity contribution is 6.20. The minimum atomic E-state index is -4.75. The number of carbonyl (C=O) groups excluding carboxylic acids is 1. The molecule has 0 aromatic heterocycles. The topological polar surface area (TPSA) is 72.6 Å². The van der Waals surface area contributed by atoms with Crippen LogP contribution in [0.15, 0.2) is 40.4 Å². The Balaban J connectivity index is 2.51. The van der Waals surface area contributed by atoms with Gasteiger partial charge in [0.15, 0.2) is 0 Å². The van der Waals surface area contributed by atoms with Crippen LogP contribution in [0.25, 0.3) is 0 Å². The lowest BCUT2D eigenvalue weighted by molar-refractivity contribution is -0.496. The van der Waals surface area contributed by atoms with Crippen molar-refractivity contribution in [1.29, 1.82) is 0 Å². The molecule has 0 aromatic rings. The Hall–Kier alpha value is -2.25. The predicted octanol–water partition coefficient (Wildman–Crippen LogP) is 1.60. The summed E-state index contributed by atoms with van der Waals surface area (Å²) in [5.41, 5.74) is -1.83. The normalized spacial score (nSPS) is 22.9. The van der Waals surface area contributed by atoms with Crippen molar-refractivity contribution in [3.63, 3.8) is 0 Å². The molecule has 0 saturated carbocycles. The number of hydrogen-bond donors (Lipinski definition) is 0. The Labute approximate surface area is 98.1 Å². The van der Waals surface area contributed by atoms with Gasteiger partial charge in [0.25, 0.3) is 11.9 Å². The molecule has 2 aliphatic rings. The van der Waals surface area contributed by atoms with E-state index in [1.54, 1.807) is 0 Å². The van der Waals surface area contributed by atoms with Gasteiger partial charge in [-0.2, -0.15) is 13.2 Å². The number of carbonyl (C=O) groups is 1.